The molecule has 2 saturated carbocycles. The minimum absolute atomic E-state index is 0.553. The Bertz CT molecular complexity index is 139. The second-order valence-electron chi connectivity index (χ2n) is 4.03. The van der Waals surface area contributed by atoms with Crippen molar-refractivity contribution in [3.63, 3.8) is 0 Å². The highest BCUT2D eigenvalue weighted by Gasteiger charge is 2.73. The van der Waals surface area contributed by atoms with E-state index in [2.05, 4.69) is 13.8 Å². The molecule has 0 bridgehead atoms. The zero-order valence-electron chi connectivity index (χ0n) is 5.57. The van der Waals surface area contributed by atoms with Crippen molar-refractivity contribution in [1.82, 2.24) is 0 Å². The molecule has 2 aliphatic carbocycles. The van der Waals surface area contributed by atoms with Crippen molar-refractivity contribution in [2.75, 3.05) is 0 Å². The molecule has 2 aliphatic rings. The van der Waals surface area contributed by atoms with Crippen LogP contribution in [0.15, 0.2) is 0 Å². The van der Waals surface area contributed by atoms with Gasteiger partial charge in [0.1, 0.15) is 0 Å². The first-order chi connectivity index (χ1) is 3.58. The third kappa shape index (κ3) is 0.304. The van der Waals surface area contributed by atoms with E-state index in [0.717, 1.165) is 0 Å². The fourth-order valence-corrected chi connectivity index (χ4v) is 2.06. The van der Waals surface area contributed by atoms with Gasteiger partial charge in [-0.1, -0.05) is 13.8 Å². The Kier molecular flexibility index (Phi) is 0.516. The van der Waals surface area contributed by atoms with Gasteiger partial charge < -0.3 is 5.73 Å². The molecular formula is C7H13N. The van der Waals surface area contributed by atoms with Gasteiger partial charge in [0.05, 0.1) is 0 Å². The lowest BCUT2D eigenvalue weighted by Crippen LogP contribution is -2.05. The predicted molar refractivity (Wildman–Crippen MR) is 33.4 cm³/mol. The summed E-state index contributed by atoms with van der Waals surface area (Å²) >= 11 is 0. The average molecular weight is 111 g/mol. The van der Waals surface area contributed by atoms with E-state index in [9.17, 15) is 0 Å². The van der Waals surface area contributed by atoms with Crippen LogP contribution in [0.2, 0.25) is 0 Å². The molecule has 0 aromatic heterocycles. The highest BCUT2D eigenvalue weighted by Crippen LogP contribution is 2.77. The Balaban J connectivity index is 2.17. The molecule has 1 nitrogen and oxygen atoms in total. The van der Waals surface area contributed by atoms with Crippen LogP contribution in [0.5, 0.6) is 0 Å². The van der Waals surface area contributed by atoms with Gasteiger partial charge in [-0.25, -0.2) is 0 Å². The van der Waals surface area contributed by atoms with E-state index in [1.165, 1.54) is 12.8 Å². The number of rotatable bonds is 0. The zero-order valence-corrected chi connectivity index (χ0v) is 5.57. The summed E-state index contributed by atoms with van der Waals surface area (Å²) in [4.78, 5) is 0. The van der Waals surface area contributed by atoms with Crippen LogP contribution in [0.1, 0.15) is 26.7 Å². The quantitative estimate of drug-likeness (QED) is 0.498. The van der Waals surface area contributed by atoms with E-state index in [1.807, 2.05) is 0 Å². The van der Waals surface area contributed by atoms with Gasteiger partial charge in [0, 0.05) is 6.04 Å². The van der Waals surface area contributed by atoms with E-state index in [0.29, 0.717) is 16.9 Å². The molecule has 2 rings (SSSR count). The first kappa shape index (κ1) is 4.80. The lowest BCUT2D eigenvalue weighted by Gasteiger charge is -1.96. The molecule has 2 N–H and O–H groups in total. The normalized spacial score (nSPS) is 56.6. The van der Waals surface area contributed by atoms with Crippen molar-refractivity contribution >= 4 is 0 Å². The average Bonchev–Trinajstić information content (AvgIpc) is 2.24. The maximum atomic E-state index is 5.74. The molecule has 1 spiro atoms. The summed E-state index contributed by atoms with van der Waals surface area (Å²) in [5, 5.41) is 0. The van der Waals surface area contributed by atoms with Crippen LogP contribution in [0.3, 0.4) is 0 Å². The number of hydrogen-bond donors (Lipinski definition) is 1. The van der Waals surface area contributed by atoms with Crippen LogP contribution >= 0.6 is 0 Å². The molecule has 8 heavy (non-hydrogen) atoms. The van der Waals surface area contributed by atoms with Gasteiger partial charge in [0.15, 0.2) is 0 Å². The maximum Gasteiger partial charge on any atom is 0.0107 e. The second kappa shape index (κ2) is 0.860. The fraction of sp³-hybridized carbons (Fsp3) is 1.00. The molecule has 0 aliphatic heterocycles. The minimum Gasteiger partial charge on any atom is -0.327 e. The molecule has 0 heterocycles. The number of nitrogens with two attached hydrogens (primary N) is 1. The summed E-state index contributed by atoms with van der Waals surface area (Å²) in [7, 11) is 0. The van der Waals surface area contributed by atoms with Gasteiger partial charge >= 0.3 is 0 Å². The van der Waals surface area contributed by atoms with Crippen molar-refractivity contribution in [1.29, 1.82) is 0 Å². The third-order valence-corrected chi connectivity index (χ3v) is 3.11. The first-order valence-electron chi connectivity index (χ1n) is 3.34. The molecule has 0 saturated heterocycles. The van der Waals surface area contributed by atoms with Crippen LogP contribution in [-0.4, -0.2) is 6.04 Å². The molecule has 2 atom stereocenters. The minimum atomic E-state index is 0.553. The summed E-state index contributed by atoms with van der Waals surface area (Å²) < 4.78 is 0. The molecule has 46 valence electrons. The van der Waals surface area contributed by atoms with Gasteiger partial charge in [-0.05, 0) is 23.7 Å². The maximum absolute atomic E-state index is 5.74. The van der Waals surface area contributed by atoms with Gasteiger partial charge in [-0.15, -0.1) is 0 Å². The highest BCUT2D eigenvalue weighted by atomic mass is 14.9. The van der Waals surface area contributed by atoms with Crippen molar-refractivity contribution < 1.29 is 0 Å². The van der Waals surface area contributed by atoms with Crippen LogP contribution in [-0.2, 0) is 0 Å². The summed E-state index contributed by atoms with van der Waals surface area (Å²) in [5.74, 6) is 0. The van der Waals surface area contributed by atoms with Gasteiger partial charge in [-0.2, -0.15) is 0 Å². The topological polar surface area (TPSA) is 26.0 Å². The smallest absolute Gasteiger partial charge is 0.0107 e. The van der Waals surface area contributed by atoms with Crippen LogP contribution in [0.25, 0.3) is 0 Å². The largest absolute Gasteiger partial charge is 0.327 e. The van der Waals surface area contributed by atoms with Crippen LogP contribution in [0.4, 0.5) is 0 Å². The Morgan fingerprint density at radius 1 is 1.50 bits per heavy atom. The molecule has 0 aromatic rings. The van der Waals surface area contributed by atoms with Crippen LogP contribution < -0.4 is 5.73 Å². The predicted octanol–water partition coefficient (Wildman–Crippen LogP) is 1.13. The summed E-state index contributed by atoms with van der Waals surface area (Å²) in [6.45, 7) is 4.64. The second-order valence-corrected chi connectivity index (χ2v) is 4.03. The Hall–Kier alpha value is -0.0400. The van der Waals surface area contributed by atoms with E-state index in [-0.39, 0.29) is 0 Å². The van der Waals surface area contributed by atoms with E-state index < -0.39 is 0 Å². The molecule has 0 aromatic carbocycles. The van der Waals surface area contributed by atoms with E-state index in [1.54, 1.807) is 0 Å². The van der Waals surface area contributed by atoms with Crippen molar-refractivity contribution in [3.05, 3.63) is 0 Å². The van der Waals surface area contributed by atoms with Crippen LogP contribution in [0, 0.1) is 10.8 Å². The Morgan fingerprint density at radius 2 is 1.88 bits per heavy atom. The summed E-state index contributed by atoms with van der Waals surface area (Å²) in [6, 6.07) is 0.553. The Morgan fingerprint density at radius 3 is 1.88 bits per heavy atom. The molecule has 0 amide bonds. The molecule has 2 fully saturated rings. The zero-order chi connectivity index (χ0) is 5.99. The molecule has 0 radical (unpaired) electrons. The van der Waals surface area contributed by atoms with Gasteiger partial charge in [0.2, 0.25) is 0 Å². The third-order valence-electron chi connectivity index (χ3n) is 3.11. The lowest BCUT2D eigenvalue weighted by atomic mass is 10.1. The standard InChI is InChI=1S/C7H13N/c1-6(2)4-7(6)3-5(7)8/h5H,3-4,8H2,1-2H3. The van der Waals surface area contributed by atoms with Gasteiger partial charge in [0.25, 0.3) is 0 Å². The highest BCUT2D eigenvalue weighted by molar-refractivity contribution is 5.26. The summed E-state index contributed by atoms with van der Waals surface area (Å²) in [5.41, 5.74) is 6.97. The first-order valence-corrected chi connectivity index (χ1v) is 3.34. The monoisotopic (exact) mass is 111 g/mol. The van der Waals surface area contributed by atoms with E-state index in [4.69, 9.17) is 5.73 Å². The lowest BCUT2D eigenvalue weighted by molar-refractivity contribution is 0.540. The Labute approximate surface area is 50.3 Å². The number of hydrogen-bond acceptors (Lipinski definition) is 1. The summed E-state index contributed by atoms with van der Waals surface area (Å²) in [6.07, 6.45) is 2.67. The molecular weight excluding hydrogens is 98.1 g/mol. The fourth-order valence-electron chi connectivity index (χ4n) is 2.06. The SMILES string of the molecule is CC1(C)CC12CC2N. The molecule has 1 heteroatoms. The van der Waals surface area contributed by atoms with Gasteiger partial charge in [-0.3, -0.25) is 0 Å². The van der Waals surface area contributed by atoms with Crippen molar-refractivity contribution in [2.24, 2.45) is 16.6 Å². The molecule has 2 unspecified atom stereocenters. The van der Waals surface area contributed by atoms with Crippen molar-refractivity contribution in [3.8, 4) is 0 Å². The van der Waals surface area contributed by atoms with E-state index >= 15 is 0 Å². The van der Waals surface area contributed by atoms with Crippen molar-refractivity contribution in [2.45, 2.75) is 32.7 Å².